The van der Waals surface area contributed by atoms with Gasteiger partial charge >= 0.3 is 0 Å². The summed E-state index contributed by atoms with van der Waals surface area (Å²) >= 11 is 12.4. The molecule has 3 rings (SSSR count). The molecule has 0 amide bonds. The molecule has 0 saturated carbocycles. The summed E-state index contributed by atoms with van der Waals surface area (Å²) in [6, 6.07) is 14.9. The van der Waals surface area contributed by atoms with E-state index in [-0.39, 0.29) is 18.5 Å². The third-order valence-corrected chi connectivity index (χ3v) is 4.81. The van der Waals surface area contributed by atoms with Crippen molar-refractivity contribution < 1.29 is 9.84 Å². The molecule has 2 aromatic carbocycles. The normalized spacial score (nSPS) is 20.0. The highest BCUT2D eigenvalue weighted by molar-refractivity contribution is 6.33. The Morgan fingerprint density at radius 3 is 2.58 bits per heavy atom. The zero-order valence-electron chi connectivity index (χ0n) is 13.0. The van der Waals surface area contributed by atoms with Crippen molar-refractivity contribution in [2.75, 3.05) is 19.7 Å². The standard InChI is InChI=1S/C18H19Cl2NO2.ClH/c19-15-6-7-16(20)13(10-15)11-18(22,14-4-2-1-3-5-14)17-12-21-8-9-23-17;/h1-7,10,17,21-22H,8-9,11-12H2;1H/t17-,18+;/m0./s1. The molecule has 1 aliphatic heterocycles. The van der Waals surface area contributed by atoms with Crippen LogP contribution in [0.3, 0.4) is 0 Å². The van der Waals surface area contributed by atoms with E-state index in [1.807, 2.05) is 30.3 Å². The monoisotopic (exact) mass is 387 g/mol. The Morgan fingerprint density at radius 1 is 1.17 bits per heavy atom. The lowest BCUT2D eigenvalue weighted by molar-refractivity contribution is -0.124. The van der Waals surface area contributed by atoms with Crippen molar-refractivity contribution in [2.45, 2.75) is 18.1 Å². The maximum absolute atomic E-state index is 11.5. The molecule has 1 aliphatic rings. The van der Waals surface area contributed by atoms with Crippen LogP contribution >= 0.6 is 35.6 Å². The van der Waals surface area contributed by atoms with Gasteiger partial charge in [0.2, 0.25) is 0 Å². The molecular weight excluding hydrogens is 369 g/mol. The second-order valence-corrected chi connectivity index (χ2v) is 6.61. The Kier molecular flexibility index (Phi) is 6.93. The van der Waals surface area contributed by atoms with Crippen LogP contribution in [0.15, 0.2) is 48.5 Å². The van der Waals surface area contributed by atoms with Gasteiger partial charge in [0.05, 0.1) is 6.61 Å². The summed E-state index contributed by atoms with van der Waals surface area (Å²) in [5, 5.41) is 16.0. The first-order valence-corrected chi connectivity index (χ1v) is 8.39. The van der Waals surface area contributed by atoms with Crippen molar-refractivity contribution in [3.8, 4) is 0 Å². The molecule has 2 N–H and O–H groups in total. The highest BCUT2D eigenvalue weighted by Crippen LogP contribution is 2.34. The Morgan fingerprint density at radius 2 is 1.92 bits per heavy atom. The molecule has 0 aromatic heterocycles. The summed E-state index contributed by atoms with van der Waals surface area (Å²) in [6.45, 7) is 1.95. The van der Waals surface area contributed by atoms with Crippen molar-refractivity contribution in [3.63, 3.8) is 0 Å². The fourth-order valence-corrected chi connectivity index (χ4v) is 3.35. The Balaban J connectivity index is 0.00000208. The molecule has 2 aromatic rings. The molecule has 0 bridgehead atoms. The largest absolute Gasteiger partial charge is 0.382 e. The van der Waals surface area contributed by atoms with Crippen LogP contribution in [0.2, 0.25) is 10.0 Å². The van der Waals surface area contributed by atoms with E-state index in [0.717, 1.165) is 17.7 Å². The number of hydrogen-bond donors (Lipinski definition) is 2. The predicted octanol–water partition coefficient (Wildman–Crippen LogP) is 3.83. The third-order valence-electron chi connectivity index (χ3n) is 4.20. The first kappa shape index (κ1) is 19.5. The predicted molar refractivity (Wildman–Crippen MR) is 100 cm³/mol. The van der Waals surface area contributed by atoms with Gasteiger partial charge in [-0.25, -0.2) is 0 Å². The van der Waals surface area contributed by atoms with Crippen LogP contribution in [0.25, 0.3) is 0 Å². The smallest absolute Gasteiger partial charge is 0.121 e. The molecule has 0 radical (unpaired) electrons. The molecule has 1 heterocycles. The lowest BCUT2D eigenvalue weighted by Crippen LogP contribution is -2.52. The van der Waals surface area contributed by atoms with E-state index in [4.69, 9.17) is 27.9 Å². The minimum atomic E-state index is -1.18. The van der Waals surface area contributed by atoms with E-state index < -0.39 is 5.60 Å². The van der Waals surface area contributed by atoms with Gasteiger partial charge < -0.3 is 15.2 Å². The first-order valence-electron chi connectivity index (χ1n) is 7.64. The van der Waals surface area contributed by atoms with Crippen molar-refractivity contribution >= 4 is 35.6 Å². The lowest BCUT2D eigenvalue weighted by atomic mass is 9.82. The van der Waals surface area contributed by atoms with Gasteiger partial charge in [0, 0.05) is 29.6 Å². The van der Waals surface area contributed by atoms with Crippen LogP contribution in [-0.2, 0) is 16.8 Å². The topological polar surface area (TPSA) is 41.5 Å². The molecule has 1 fully saturated rings. The fraction of sp³-hybridized carbons (Fsp3) is 0.333. The van der Waals surface area contributed by atoms with Gasteiger partial charge in [0.1, 0.15) is 11.7 Å². The Labute approximate surface area is 158 Å². The molecule has 1 saturated heterocycles. The van der Waals surface area contributed by atoms with Gasteiger partial charge in [-0.2, -0.15) is 0 Å². The van der Waals surface area contributed by atoms with Gasteiger partial charge in [0.25, 0.3) is 0 Å². The number of ether oxygens (including phenoxy) is 1. The van der Waals surface area contributed by atoms with Crippen LogP contribution < -0.4 is 5.32 Å². The van der Waals surface area contributed by atoms with Gasteiger partial charge in [-0.05, 0) is 29.3 Å². The zero-order valence-corrected chi connectivity index (χ0v) is 15.4. The van der Waals surface area contributed by atoms with Gasteiger partial charge in [-0.1, -0.05) is 53.5 Å². The number of halogens is 3. The van der Waals surface area contributed by atoms with Crippen LogP contribution in [0, 0.1) is 0 Å². The molecule has 0 unspecified atom stereocenters. The summed E-state index contributed by atoms with van der Waals surface area (Å²) < 4.78 is 5.85. The van der Waals surface area contributed by atoms with Gasteiger partial charge in [-0.3, -0.25) is 0 Å². The molecule has 24 heavy (non-hydrogen) atoms. The molecule has 0 aliphatic carbocycles. The third kappa shape index (κ3) is 4.23. The quantitative estimate of drug-likeness (QED) is 0.836. The van der Waals surface area contributed by atoms with Crippen LogP contribution in [0.5, 0.6) is 0 Å². The maximum Gasteiger partial charge on any atom is 0.121 e. The van der Waals surface area contributed by atoms with E-state index in [2.05, 4.69) is 5.32 Å². The summed E-state index contributed by atoms with van der Waals surface area (Å²) in [5.74, 6) is 0. The maximum atomic E-state index is 11.5. The summed E-state index contributed by atoms with van der Waals surface area (Å²) in [5.41, 5.74) is 0.438. The van der Waals surface area contributed by atoms with E-state index in [1.165, 1.54) is 0 Å². The number of rotatable bonds is 4. The SMILES string of the molecule is Cl.O[C@](Cc1cc(Cl)ccc1Cl)(c1ccccc1)[C@@H]1CNCCO1. The van der Waals surface area contributed by atoms with E-state index in [0.29, 0.717) is 29.6 Å². The summed E-state index contributed by atoms with van der Waals surface area (Å²) in [7, 11) is 0. The lowest BCUT2D eigenvalue weighted by Gasteiger charge is -2.39. The van der Waals surface area contributed by atoms with Gasteiger partial charge in [-0.15, -0.1) is 12.4 Å². The Hall–Kier alpha value is -0.810. The van der Waals surface area contributed by atoms with Crippen molar-refractivity contribution in [2.24, 2.45) is 0 Å². The second-order valence-electron chi connectivity index (χ2n) is 5.77. The second kappa shape index (κ2) is 8.52. The van der Waals surface area contributed by atoms with Crippen molar-refractivity contribution in [3.05, 3.63) is 69.7 Å². The number of hydrogen-bond acceptors (Lipinski definition) is 3. The molecule has 3 nitrogen and oxygen atoms in total. The van der Waals surface area contributed by atoms with Crippen LogP contribution in [-0.4, -0.2) is 30.9 Å². The molecule has 2 atom stereocenters. The van der Waals surface area contributed by atoms with E-state index in [9.17, 15) is 5.11 Å². The Bertz CT molecular complexity index is 663. The number of nitrogens with one attached hydrogen (secondary N) is 1. The molecular formula is C18H20Cl3NO2. The minimum absolute atomic E-state index is 0. The molecule has 130 valence electrons. The average Bonchev–Trinajstić information content (AvgIpc) is 2.59. The fourth-order valence-electron chi connectivity index (χ4n) is 2.97. The number of benzene rings is 2. The minimum Gasteiger partial charge on any atom is -0.382 e. The highest BCUT2D eigenvalue weighted by Gasteiger charge is 2.40. The average molecular weight is 389 g/mol. The van der Waals surface area contributed by atoms with E-state index in [1.54, 1.807) is 18.2 Å². The van der Waals surface area contributed by atoms with Crippen molar-refractivity contribution in [1.82, 2.24) is 5.32 Å². The molecule has 0 spiro atoms. The van der Waals surface area contributed by atoms with Crippen LogP contribution in [0.1, 0.15) is 11.1 Å². The molecule has 6 heteroatoms. The summed E-state index contributed by atoms with van der Waals surface area (Å²) in [4.78, 5) is 0. The van der Waals surface area contributed by atoms with E-state index >= 15 is 0 Å². The first-order chi connectivity index (χ1) is 11.1. The highest BCUT2D eigenvalue weighted by atomic mass is 35.5. The van der Waals surface area contributed by atoms with Crippen LogP contribution in [0.4, 0.5) is 0 Å². The van der Waals surface area contributed by atoms with Crippen molar-refractivity contribution in [1.29, 1.82) is 0 Å². The van der Waals surface area contributed by atoms with Gasteiger partial charge in [0.15, 0.2) is 0 Å². The summed E-state index contributed by atoms with van der Waals surface area (Å²) in [6.07, 6.45) is -0.0170. The zero-order chi connectivity index (χ0) is 16.3. The number of aliphatic hydroxyl groups is 1. The number of morpholine rings is 1.